The van der Waals surface area contributed by atoms with Crippen LogP contribution in [0.3, 0.4) is 0 Å². The highest BCUT2D eigenvalue weighted by molar-refractivity contribution is 7.83. The average Bonchev–Trinajstić information content (AvgIpc) is 3.13. The Labute approximate surface area is 150 Å². The Hall–Kier alpha value is -2.87. The van der Waals surface area contributed by atoms with Crippen molar-refractivity contribution in [3.05, 3.63) is 77.0 Å². The third kappa shape index (κ3) is 2.92. The van der Waals surface area contributed by atoms with Crippen molar-refractivity contribution in [2.24, 2.45) is 0 Å². The highest BCUT2D eigenvalue weighted by atomic mass is 32.2. The van der Waals surface area contributed by atoms with Gasteiger partial charge in [-0.1, -0.05) is 12.1 Å². The standard InChI is InChI=1S/C18H13F2N3O2S/c19-11-5-7-12(8-6-11)23-17(14-9-26(25)10-16(14)22-23)21-18(24)13-3-1-2-4-15(13)20/h1-8H,9-10H2,(H,21,24)/t26-/m1/s1. The van der Waals surface area contributed by atoms with Crippen molar-refractivity contribution in [2.45, 2.75) is 11.5 Å². The van der Waals surface area contributed by atoms with Crippen LogP contribution in [0.1, 0.15) is 21.6 Å². The van der Waals surface area contributed by atoms with E-state index >= 15 is 0 Å². The number of anilines is 1. The fraction of sp³-hybridized carbons (Fsp3) is 0.111. The van der Waals surface area contributed by atoms with E-state index in [2.05, 4.69) is 10.4 Å². The number of carbonyl (C=O) groups is 1. The summed E-state index contributed by atoms with van der Waals surface area (Å²) in [6.07, 6.45) is 0. The van der Waals surface area contributed by atoms with E-state index in [4.69, 9.17) is 0 Å². The number of benzene rings is 2. The fourth-order valence-corrected chi connectivity index (χ4v) is 4.11. The molecule has 1 aliphatic rings. The second kappa shape index (κ2) is 6.45. The minimum absolute atomic E-state index is 0.104. The molecule has 0 radical (unpaired) electrons. The summed E-state index contributed by atoms with van der Waals surface area (Å²) in [6, 6.07) is 11.2. The summed E-state index contributed by atoms with van der Waals surface area (Å²) in [4.78, 5) is 12.5. The van der Waals surface area contributed by atoms with E-state index in [1.165, 1.54) is 47.1 Å². The average molecular weight is 373 g/mol. The Bertz CT molecular complexity index is 1030. The minimum atomic E-state index is -1.09. The van der Waals surface area contributed by atoms with Crippen molar-refractivity contribution in [1.82, 2.24) is 9.78 Å². The van der Waals surface area contributed by atoms with E-state index in [1.807, 2.05) is 0 Å². The normalized spacial score (nSPS) is 15.7. The van der Waals surface area contributed by atoms with Crippen LogP contribution in [0.2, 0.25) is 0 Å². The Morgan fingerprint density at radius 1 is 1.08 bits per heavy atom. The highest BCUT2D eigenvalue weighted by Crippen LogP contribution is 2.31. The molecule has 0 saturated carbocycles. The number of nitrogens with zero attached hydrogens (tertiary/aromatic N) is 2. The Morgan fingerprint density at radius 2 is 1.81 bits per heavy atom. The SMILES string of the molecule is O=C(Nc1c2c(nn1-c1ccc(F)cc1)C[S@](=O)C2)c1ccccc1F. The number of carbonyl (C=O) groups excluding carboxylic acids is 1. The number of fused-ring (bicyclic) bond motifs is 1. The molecule has 1 amide bonds. The van der Waals surface area contributed by atoms with Crippen LogP contribution in [0.15, 0.2) is 48.5 Å². The van der Waals surface area contributed by atoms with Crippen LogP contribution in [0.5, 0.6) is 0 Å². The van der Waals surface area contributed by atoms with Gasteiger partial charge in [0.2, 0.25) is 0 Å². The number of hydrogen-bond donors (Lipinski definition) is 1. The van der Waals surface area contributed by atoms with Crippen LogP contribution in [0.4, 0.5) is 14.6 Å². The molecule has 1 aromatic heterocycles. The summed E-state index contributed by atoms with van der Waals surface area (Å²) in [5.41, 5.74) is 1.69. The topological polar surface area (TPSA) is 64.0 Å². The molecule has 2 heterocycles. The third-order valence-electron chi connectivity index (χ3n) is 4.09. The number of rotatable bonds is 3. The number of amides is 1. The van der Waals surface area contributed by atoms with Crippen LogP contribution >= 0.6 is 0 Å². The number of halogens is 2. The highest BCUT2D eigenvalue weighted by Gasteiger charge is 2.28. The number of hydrogen-bond acceptors (Lipinski definition) is 3. The van der Waals surface area contributed by atoms with Crippen molar-refractivity contribution in [2.75, 3.05) is 5.32 Å². The molecule has 132 valence electrons. The lowest BCUT2D eigenvalue weighted by molar-refractivity contribution is 0.102. The van der Waals surface area contributed by atoms with Crippen LogP contribution < -0.4 is 5.32 Å². The molecule has 0 spiro atoms. The summed E-state index contributed by atoms with van der Waals surface area (Å²) < 4.78 is 40.4. The number of nitrogens with one attached hydrogen (secondary N) is 1. The zero-order valence-corrected chi connectivity index (χ0v) is 14.2. The van der Waals surface area contributed by atoms with Crippen molar-refractivity contribution in [3.63, 3.8) is 0 Å². The lowest BCUT2D eigenvalue weighted by atomic mass is 10.2. The van der Waals surface area contributed by atoms with E-state index in [0.717, 1.165) is 0 Å². The molecule has 0 unspecified atom stereocenters. The van der Waals surface area contributed by atoms with Gasteiger partial charge in [-0.15, -0.1) is 0 Å². The third-order valence-corrected chi connectivity index (χ3v) is 5.30. The molecule has 0 bridgehead atoms. The quantitative estimate of drug-likeness (QED) is 0.767. The molecule has 1 N–H and O–H groups in total. The van der Waals surface area contributed by atoms with Crippen LogP contribution in [-0.4, -0.2) is 19.9 Å². The van der Waals surface area contributed by atoms with E-state index in [9.17, 15) is 17.8 Å². The maximum atomic E-state index is 13.9. The Morgan fingerprint density at radius 3 is 2.54 bits per heavy atom. The number of aromatic nitrogens is 2. The minimum Gasteiger partial charge on any atom is -0.306 e. The van der Waals surface area contributed by atoms with Gasteiger partial charge < -0.3 is 5.32 Å². The molecule has 3 aromatic rings. The first-order valence-electron chi connectivity index (χ1n) is 7.80. The summed E-state index contributed by atoms with van der Waals surface area (Å²) in [5, 5.41) is 7.08. The molecule has 8 heteroatoms. The van der Waals surface area contributed by atoms with Gasteiger partial charge in [0.05, 0.1) is 28.5 Å². The molecule has 1 aliphatic heterocycles. The van der Waals surface area contributed by atoms with E-state index < -0.39 is 28.3 Å². The molecule has 5 nitrogen and oxygen atoms in total. The van der Waals surface area contributed by atoms with Gasteiger partial charge in [0.25, 0.3) is 5.91 Å². The van der Waals surface area contributed by atoms with Crippen LogP contribution in [-0.2, 0) is 22.3 Å². The first kappa shape index (κ1) is 16.6. The van der Waals surface area contributed by atoms with Crippen LogP contribution in [0, 0.1) is 11.6 Å². The lowest BCUT2D eigenvalue weighted by Crippen LogP contribution is -2.17. The molecule has 4 rings (SSSR count). The maximum Gasteiger partial charge on any atom is 0.259 e. The van der Waals surface area contributed by atoms with Gasteiger partial charge in [0.15, 0.2) is 0 Å². The molecule has 1 atom stereocenters. The van der Waals surface area contributed by atoms with E-state index in [1.54, 1.807) is 6.07 Å². The maximum absolute atomic E-state index is 13.9. The molecule has 0 saturated heterocycles. The van der Waals surface area contributed by atoms with Crippen molar-refractivity contribution >= 4 is 22.5 Å². The first-order valence-corrected chi connectivity index (χ1v) is 9.29. The predicted octanol–water partition coefficient (Wildman–Crippen LogP) is 3.17. The monoisotopic (exact) mass is 373 g/mol. The first-order chi connectivity index (χ1) is 12.5. The molecule has 26 heavy (non-hydrogen) atoms. The van der Waals surface area contributed by atoms with Gasteiger partial charge in [-0.25, -0.2) is 13.5 Å². The molecule has 0 fully saturated rings. The van der Waals surface area contributed by atoms with Gasteiger partial charge in [-0.2, -0.15) is 5.10 Å². The van der Waals surface area contributed by atoms with Crippen LogP contribution in [0.25, 0.3) is 5.69 Å². The second-order valence-corrected chi connectivity index (χ2v) is 7.28. The second-order valence-electron chi connectivity index (χ2n) is 5.82. The summed E-state index contributed by atoms with van der Waals surface area (Å²) in [5.74, 6) is -0.808. The summed E-state index contributed by atoms with van der Waals surface area (Å²) in [7, 11) is -1.09. The van der Waals surface area contributed by atoms with Crippen molar-refractivity contribution < 1.29 is 17.8 Å². The fourth-order valence-electron chi connectivity index (χ4n) is 2.85. The van der Waals surface area contributed by atoms with Gasteiger partial charge in [-0.3, -0.25) is 9.00 Å². The molecular weight excluding hydrogens is 360 g/mol. The van der Waals surface area contributed by atoms with Crippen molar-refractivity contribution in [1.29, 1.82) is 0 Å². The van der Waals surface area contributed by atoms with E-state index in [-0.39, 0.29) is 17.1 Å². The van der Waals surface area contributed by atoms with Gasteiger partial charge in [-0.05, 0) is 36.4 Å². The van der Waals surface area contributed by atoms with Gasteiger partial charge in [0.1, 0.15) is 17.5 Å². The van der Waals surface area contributed by atoms with Crippen molar-refractivity contribution in [3.8, 4) is 5.69 Å². The Balaban J connectivity index is 1.77. The Kier molecular flexibility index (Phi) is 4.12. The summed E-state index contributed by atoms with van der Waals surface area (Å²) >= 11 is 0. The smallest absolute Gasteiger partial charge is 0.259 e. The van der Waals surface area contributed by atoms with E-state index in [0.29, 0.717) is 22.8 Å². The van der Waals surface area contributed by atoms with Gasteiger partial charge in [0, 0.05) is 16.4 Å². The summed E-state index contributed by atoms with van der Waals surface area (Å²) in [6.45, 7) is 0. The lowest BCUT2D eigenvalue weighted by Gasteiger charge is -2.11. The molecule has 2 aromatic carbocycles. The predicted molar refractivity (Wildman–Crippen MR) is 93.4 cm³/mol. The molecule has 0 aliphatic carbocycles. The zero-order chi connectivity index (χ0) is 18.3. The zero-order valence-electron chi connectivity index (χ0n) is 13.4. The molecular formula is C18H13F2N3O2S. The largest absolute Gasteiger partial charge is 0.306 e. The van der Waals surface area contributed by atoms with Gasteiger partial charge >= 0.3 is 0 Å².